The van der Waals surface area contributed by atoms with E-state index in [2.05, 4.69) is 16.7 Å². The minimum Gasteiger partial charge on any atom is -0.287 e. The molecule has 0 spiro atoms. The van der Waals surface area contributed by atoms with Gasteiger partial charge in [0.2, 0.25) is 0 Å². The summed E-state index contributed by atoms with van der Waals surface area (Å²) < 4.78 is 0. The fourth-order valence-electron chi connectivity index (χ4n) is 4.28. The van der Waals surface area contributed by atoms with Gasteiger partial charge < -0.3 is 0 Å². The molecule has 2 nitrogen and oxygen atoms in total. The first-order valence-corrected chi connectivity index (χ1v) is 7.81. The Bertz CT molecular complexity index is 217. The highest BCUT2D eigenvalue weighted by atomic mass is 15.4. The molecule has 1 heterocycles. The second kappa shape index (κ2) is 5.27. The molecule has 2 aliphatic carbocycles. The summed E-state index contributed by atoms with van der Waals surface area (Å²) in [5.41, 5.74) is 0. The maximum absolute atomic E-state index is 2.81. The van der Waals surface area contributed by atoms with Crippen LogP contribution >= 0.6 is 0 Å². The van der Waals surface area contributed by atoms with Gasteiger partial charge in [-0.05, 0) is 31.6 Å². The van der Waals surface area contributed by atoms with Gasteiger partial charge in [0.25, 0.3) is 0 Å². The number of rotatable bonds is 2. The lowest BCUT2D eigenvalue weighted by molar-refractivity contribution is 0.00159. The zero-order valence-electron chi connectivity index (χ0n) is 11.4. The van der Waals surface area contributed by atoms with Gasteiger partial charge >= 0.3 is 0 Å². The molecule has 98 valence electrons. The second-order valence-corrected chi connectivity index (χ2v) is 6.67. The molecular formula is C15H28N2. The topological polar surface area (TPSA) is 6.48 Å². The van der Waals surface area contributed by atoms with Crippen molar-refractivity contribution < 1.29 is 0 Å². The van der Waals surface area contributed by atoms with Crippen LogP contribution < -0.4 is 0 Å². The van der Waals surface area contributed by atoms with Gasteiger partial charge in [-0.25, -0.2) is 0 Å². The Hall–Kier alpha value is -0.0800. The van der Waals surface area contributed by atoms with Gasteiger partial charge in [-0.2, -0.15) is 0 Å². The highest BCUT2D eigenvalue weighted by molar-refractivity contribution is 4.86. The van der Waals surface area contributed by atoms with E-state index in [-0.39, 0.29) is 0 Å². The lowest BCUT2D eigenvalue weighted by Gasteiger charge is -2.44. The van der Waals surface area contributed by atoms with Crippen molar-refractivity contribution in [3.63, 3.8) is 0 Å². The van der Waals surface area contributed by atoms with E-state index in [9.17, 15) is 0 Å². The van der Waals surface area contributed by atoms with Gasteiger partial charge in [-0.1, -0.05) is 32.6 Å². The van der Waals surface area contributed by atoms with Crippen LogP contribution in [0.4, 0.5) is 0 Å². The molecule has 0 aromatic heterocycles. The average molecular weight is 236 g/mol. The van der Waals surface area contributed by atoms with Crippen molar-refractivity contribution in [1.82, 2.24) is 9.80 Å². The van der Waals surface area contributed by atoms with Crippen molar-refractivity contribution in [3.05, 3.63) is 0 Å². The molecule has 3 rings (SSSR count). The zero-order valence-corrected chi connectivity index (χ0v) is 11.4. The molecule has 2 heteroatoms. The quantitative estimate of drug-likeness (QED) is 0.727. The summed E-state index contributed by atoms with van der Waals surface area (Å²) in [5.74, 6) is 0.880. The molecule has 17 heavy (non-hydrogen) atoms. The van der Waals surface area contributed by atoms with E-state index < -0.39 is 0 Å². The van der Waals surface area contributed by atoms with E-state index in [1.807, 2.05) is 0 Å². The van der Waals surface area contributed by atoms with Crippen LogP contribution in [0.2, 0.25) is 0 Å². The van der Waals surface area contributed by atoms with E-state index in [0.29, 0.717) is 0 Å². The molecule has 0 radical (unpaired) electrons. The van der Waals surface area contributed by atoms with Crippen molar-refractivity contribution in [2.75, 3.05) is 19.8 Å². The standard InChI is InChI=1S/C15H28N2/c1-13-10-16(14-6-2-3-7-14)12-17(11-13)15-8-4-5-9-15/h13-15H,2-12H2,1H3. The molecule has 0 atom stereocenters. The summed E-state index contributed by atoms with van der Waals surface area (Å²) in [7, 11) is 0. The molecule has 0 amide bonds. The van der Waals surface area contributed by atoms with Gasteiger partial charge in [0.05, 0.1) is 6.67 Å². The van der Waals surface area contributed by atoms with Crippen LogP contribution in [-0.4, -0.2) is 41.6 Å². The van der Waals surface area contributed by atoms with E-state index in [4.69, 9.17) is 0 Å². The predicted molar refractivity (Wildman–Crippen MR) is 72.0 cm³/mol. The van der Waals surface area contributed by atoms with Crippen LogP contribution in [0, 0.1) is 5.92 Å². The summed E-state index contributed by atoms with van der Waals surface area (Å²) in [6.45, 7) is 6.44. The van der Waals surface area contributed by atoms with E-state index in [1.165, 1.54) is 71.1 Å². The summed E-state index contributed by atoms with van der Waals surface area (Å²) >= 11 is 0. The number of nitrogens with zero attached hydrogens (tertiary/aromatic N) is 2. The Morgan fingerprint density at radius 1 is 0.706 bits per heavy atom. The van der Waals surface area contributed by atoms with Crippen LogP contribution in [-0.2, 0) is 0 Å². The SMILES string of the molecule is CC1CN(C2CCCC2)CN(C2CCCC2)C1. The van der Waals surface area contributed by atoms with Crippen molar-refractivity contribution >= 4 is 0 Å². The second-order valence-electron chi connectivity index (χ2n) is 6.67. The van der Waals surface area contributed by atoms with Gasteiger partial charge in [0, 0.05) is 25.2 Å². The molecule has 0 aromatic rings. The maximum Gasteiger partial charge on any atom is 0.0511 e. The van der Waals surface area contributed by atoms with Crippen molar-refractivity contribution in [2.24, 2.45) is 5.92 Å². The number of hydrogen-bond donors (Lipinski definition) is 0. The maximum atomic E-state index is 2.81. The molecule has 1 aliphatic heterocycles. The van der Waals surface area contributed by atoms with Crippen LogP contribution in [0.5, 0.6) is 0 Å². The molecule has 3 aliphatic rings. The molecule has 0 bridgehead atoms. The van der Waals surface area contributed by atoms with Crippen LogP contribution in [0.1, 0.15) is 58.3 Å². The minimum absolute atomic E-state index is 0.880. The monoisotopic (exact) mass is 236 g/mol. The van der Waals surface area contributed by atoms with Gasteiger partial charge in [0.15, 0.2) is 0 Å². The van der Waals surface area contributed by atoms with Crippen LogP contribution in [0.3, 0.4) is 0 Å². The van der Waals surface area contributed by atoms with Crippen molar-refractivity contribution in [3.8, 4) is 0 Å². The van der Waals surface area contributed by atoms with Crippen molar-refractivity contribution in [2.45, 2.75) is 70.4 Å². The first-order valence-electron chi connectivity index (χ1n) is 7.81. The Balaban J connectivity index is 1.61. The highest BCUT2D eigenvalue weighted by Crippen LogP contribution is 2.30. The smallest absolute Gasteiger partial charge is 0.0511 e. The van der Waals surface area contributed by atoms with Gasteiger partial charge in [-0.15, -0.1) is 0 Å². The third kappa shape index (κ3) is 2.68. The molecular weight excluding hydrogens is 208 g/mol. The third-order valence-electron chi connectivity index (χ3n) is 5.14. The fraction of sp³-hybridized carbons (Fsp3) is 1.00. The first-order chi connectivity index (χ1) is 8.33. The largest absolute Gasteiger partial charge is 0.287 e. The summed E-state index contributed by atoms with van der Waals surface area (Å²) in [6, 6.07) is 1.84. The van der Waals surface area contributed by atoms with Gasteiger partial charge in [0.1, 0.15) is 0 Å². The molecule has 1 saturated heterocycles. The summed E-state index contributed by atoms with van der Waals surface area (Å²) in [5, 5.41) is 0. The molecule has 2 saturated carbocycles. The van der Waals surface area contributed by atoms with E-state index >= 15 is 0 Å². The average Bonchev–Trinajstić information content (AvgIpc) is 3.02. The predicted octanol–water partition coefficient (Wildman–Crippen LogP) is 3.08. The molecule has 3 fully saturated rings. The molecule has 0 N–H and O–H groups in total. The van der Waals surface area contributed by atoms with Crippen LogP contribution in [0.15, 0.2) is 0 Å². The Labute approximate surface area is 106 Å². The van der Waals surface area contributed by atoms with E-state index in [1.54, 1.807) is 0 Å². The van der Waals surface area contributed by atoms with Crippen LogP contribution in [0.25, 0.3) is 0 Å². The lowest BCUT2D eigenvalue weighted by atomic mass is 10.0. The first kappa shape index (κ1) is 12.0. The van der Waals surface area contributed by atoms with E-state index in [0.717, 1.165) is 18.0 Å². The molecule has 0 aromatic carbocycles. The molecule has 0 unspecified atom stereocenters. The lowest BCUT2D eigenvalue weighted by Crippen LogP contribution is -2.54. The third-order valence-corrected chi connectivity index (χ3v) is 5.14. The van der Waals surface area contributed by atoms with Gasteiger partial charge in [-0.3, -0.25) is 9.80 Å². The fourth-order valence-corrected chi connectivity index (χ4v) is 4.28. The Morgan fingerprint density at radius 3 is 1.53 bits per heavy atom. The normalized spacial score (nSPS) is 31.6. The van der Waals surface area contributed by atoms with Crippen molar-refractivity contribution in [1.29, 1.82) is 0 Å². The zero-order chi connectivity index (χ0) is 11.7. The highest BCUT2D eigenvalue weighted by Gasteiger charge is 2.33. The Morgan fingerprint density at radius 2 is 1.12 bits per heavy atom. The minimum atomic E-state index is 0.880. The number of hydrogen-bond acceptors (Lipinski definition) is 2. The Kier molecular flexibility index (Phi) is 3.72. The summed E-state index contributed by atoms with van der Waals surface area (Å²) in [6.07, 6.45) is 11.7. The summed E-state index contributed by atoms with van der Waals surface area (Å²) in [4.78, 5) is 5.61.